The van der Waals surface area contributed by atoms with Crippen molar-refractivity contribution in [2.24, 2.45) is 10.7 Å². The number of aliphatic imine (C=N–C) groups is 1. The van der Waals surface area contributed by atoms with E-state index in [0.29, 0.717) is 5.96 Å². The van der Waals surface area contributed by atoms with Crippen LogP contribution in [0.2, 0.25) is 0 Å². The van der Waals surface area contributed by atoms with Crippen molar-refractivity contribution in [3.05, 3.63) is 35.6 Å². The van der Waals surface area contributed by atoms with Gasteiger partial charge in [0.15, 0.2) is 5.96 Å². The highest BCUT2D eigenvalue weighted by Crippen LogP contribution is 2.17. The fourth-order valence-corrected chi connectivity index (χ4v) is 2.25. The Labute approximate surface area is 135 Å². The molecule has 6 heteroatoms. The first-order valence-corrected chi connectivity index (χ1v) is 6.66. The molecule has 0 aliphatic carbocycles. The summed E-state index contributed by atoms with van der Waals surface area (Å²) < 4.78 is 13.5. The molecule has 1 fully saturated rings. The van der Waals surface area contributed by atoms with E-state index < -0.39 is 11.9 Å². The van der Waals surface area contributed by atoms with Crippen LogP contribution in [-0.4, -0.2) is 35.6 Å². The maximum Gasteiger partial charge on any atom is 0.191 e. The highest BCUT2D eigenvalue weighted by Gasteiger charge is 2.14. The highest BCUT2D eigenvalue weighted by atomic mass is 127. The van der Waals surface area contributed by atoms with Crippen molar-refractivity contribution in [1.29, 1.82) is 0 Å². The fourth-order valence-electron chi connectivity index (χ4n) is 2.25. The molecule has 1 aliphatic rings. The summed E-state index contributed by atoms with van der Waals surface area (Å²) in [6.45, 7) is 1.90. The lowest BCUT2D eigenvalue weighted by Gasteiger charge is -2.27. The van der Waals surface area contributed by atoms with Crippen molar-refractivity contribution >= 4 is 29.9 Å². The summed E-state index contributed by atoms with van der Waals surface area (Å²) in [6, 6.07) is 6.18. The summed E-state index contributed by atoms with van der Waals surface area (Å²) in [7, 11) is 0. The smallest absolute Gasteiger partial charge is 0.191 e. The van der Waals surface area contributed by atoms with Crippen LogP contribution in [0.3, 0.4) is 0 Å². The second-order valence-electron chi connectivity index (χ2n) is 4.78. The van der Waals surface area contributed by atoms with Crippen molar-refractivity contribution in [3.8, 4) is 0 Å². The first-order valence-electron chi connectivity index (χ1n) is 6.66. The third-order valence-corrected chi connectivity index (χ3v) is 3.37. The van der Waals surface area contributed by atoms with E-state index in [1.54, 1.807) is 18.2 Å². The number of nitrogens with two attached hydrogens (primary N) is 1. The summed E-state index contributed by atoms with van der Waals surface area (Å²) in [5, 5.41) is 9.93. The predicted molar refractivity (Wildman–Crippen MR) is 88.7 cm³/mol. The Morgan fingerprint density at radius 2 is 1.95 bits per heavy atom. The molecule has 0 saturated carbocycles. The summed E-state index contributed by atoms with van der Waals surface area (Å²) in [4.78, 5) is 6.18. The minimum absolute atomic E-state index is 0. The molecule has 1 aromatic carbocycles. The van der Waals surface area contributed by atoms with Crippen LogP contribution in [0.4, 0.5) is 4.39 Å². The average molecular weight is 393 g/mol. The molecule has 0 radical (unpaired) electrons. The van der Waals surface area contributed by atoms with Gasteiger partial charge in [-0.05, 0) is 25.3 Å². The molecule has 0 bridgehead atoms. The monoisotopic (exact) mass is 393 g/mol. The van der Waals surface area contributed by atoms with E-state index in [1.165, 1.54) is 12.5 Å². The number of nitrogens with zero attached hydrogens (tertiary/aromatic N) is 2. The number of halogens is 2. The second-order valence-corrected chi connectivity index (χ2v) is 4.78. The largest absolute Gasteiger partial charge is 0.386 e. The summed E-state index contributed by atoms with van der Waals surface area (Å²) >= 11 is 0. The standard InChI is InChI=1S/C14H20FN3O.HI/c15-12-7-3-2-6-11(12)13(19)10-17-14(16)18-8-4-1-5-9-18;/h2-3,6-7,13,19H,1,4-5,8-10H2,(H2,16,17);1H. The van der Waals surface area contributed by atoms with Crippen molar-refractivity contribution in [2.75, 3.05) is 19.6 Å². The zero-order valence-corrected chi connectivity index (χ0v) is 13.7. The van der Waals surface area contributed by atoms with Gasteiger partial charge in [-0.15, -0.1) is 24.0 Å². The third kappa shape index (κ3) is 4.59. The Morgan fingerprint density at radius 3 is 2.60 bits per heavy atom. The first kappa shape index (κ1) is 17.2. The van der Waals surface area contributed by atoms with Crippen molar-refractivity contribution in [3.63, 3.8) is 0 Å². The molecule has 1 heterocycles. The van der Waals surface area contributed by atoms with Crippen LogP contribution >= 0.6 is 24.0 Å². The quantitative estimate of drug-likeness (QED) is 0.471. The highest BCUT2D eigenvalue weighted by molar-refractivity contribution is 14.0. The predicted octanol–water partition coefficient (Wildman–Crippen LogP) is 2.28. The van der Waals surface area contributed by atoms with Gasteiger partial charge >= 0.3 is 0 Å². The van der Waals surface area contributed by atoms with Crippen LogP contribution < -0.4 is 5.73 Å². The molecule has 0 amide bonds. The van der Waals surface area contributed by atoms with Gasteiger partial charge in [0.1, 0.15) is 11.9 Å². The normalized spacial score (nSPS) is 17.5. The maximum atomic E-state index is 13.5. The minimum Gasteiger partial charge on any atom is -0.386 e. The lowest BCUT2D eigenvalue weighted by Crippen LogP contribution is -2.41. The Balaban J connectivity index is 0.00000200. The molecule has 4 nitrogen and oxygen atoms in total. The van der Waals surface area contributed by atoms with Gasteiger partial charge < -0.3 is 15.7 Å². The molecule has 1 saturated heterocycles. The Bertz CT molecular complexity index is 450. The number of rotatable bonds is 3. The van der Waals surface area contributed by atoms with E-state index in [-0.39, 0.29) is 36.1 Å². The van der Waals surface area contributed by atoms with E-state index in [0.717, 1.165) is 25.9 Å². The number of hydrogen-bond donors (Lipinski definition) is 2. The molecule has 2 rings (SSSR count). The van der Waals surface area contributed by atoms with Gasteiger partial charge in [0, 0.05) is 18.7 Å². The lowest BCUT2D eigenvalue weighted by molar-refractivity contribution is 0.181. The molecule has 0 aromatic heterocycles. The molecular formula is C14H21FIN3O. The first-order chi connectivity index (χ1) is 9.18. The summed E-state index contributed by atoms with van der Waals surface area (Å²) in [5.41, 5.74) is 6.15. The van der Waals surface area contributed by atoms with Gasteiger partial charge in [0.05, 0.1) is 6.54 Å². The number of hydrogen-bond acceptors (Lipinski definition) is 2. The van der Waals surface area contributed by atoms with E-state index in [1.807, 2.05) is 4.90 Å². The molecule has 1 aromatic rings. The van der Waals surface area contributed by atoms with Gasteiger partial charge in [-0.3, -0.25) is 4.99 Å². The van der Waals surface area contributed by atoms with Gasteiger partial charge in [-0.2, -0.15) is 0 Å². The molecule has 1 atom stereocenters. The Hall–Kier alpha value is -0.890. The molecule has 1 aliphatic heterocycles. The number of guanidine groups is 1. The van der Waals surface area contributed by atoms with E-state index >= 15 is 0 Å². The maximum absolute atomic E-state index is 13.5. The lowest BCUT2D eigenvalue weighted by atomic mass is 10.1. The van der Waals surface area contributed by atoms with Gasteiger partial charge in [0.25, 0.3) is 0 Å². The summed E-state index contributed by atoms with van der Waals surface area (Å²) in [6.07, 6.45) is 2.50. The van der Waals surface area contributed by atoms with Crippen LogP contribution in [0.25, 0.3) is 0 Å². The van der Waals surface area contributed by atoms with Crippen molar-refractivity contribution in [2.45, 2.75) is 25.4 Å². The number of aliphatic hydroxyl groups is 1. The molecule has 3 N–H and O–H groups in total. The minimum atomic E-state index is -0.954. The Morgan fingerprint density at radius 1 is 1.30 bits per heavy atom. The number of benzene rings is 1. The van der Waals surface area contributed by atoms with Crippen LogP contribution in [-0.2, 0) is 0 Å². The average Bonchev–Trinajstić information content (AvgIpc) is 2.46. The zero-order chi connectivity index (χ0) is 13.7. The number of likely N-dealkylation sites (tertiary alicyclic amines) is 1. The van der Waals surface area contributed by atoms with E-state index in [4.69, 9.17) is 5.73 Å². The topological polar surface area (TPSA) is 61.9 Å². The SMILES string of the molecule is I.NC(=NCC(O)c1ccccc1F)N1CCCCC1. The number of piperidine rings is 1. The zero-order valence-electron chi connectivity index (χ0n) is 11.3. The second kappa shape index (κ2) is 8.41. The fraction of sp³-hybridized carbons (Fsp3) is 0.500. The van der Waals surface area contributed by atoms with Crippen LogP contribution in [0, 0.1) is 5.82 Å². The van der Waals surface area contributed by atoms with Gasteiger partial charge in [-0.25, -0.2) is 4.39 Å². The van der Waals surface area contributed by atoms with Gasteiger partial charge in [0.2, 0.25) is 0 Å². The van der Waals surface area contributed by atoms with Crippen LogP contribution in [0.15, 0.2) is 29.3 Å². The van der Waals surface area contributed by atoms with Crippen molar-refractivity contribution in [1.82, 2.24) is 4.90 Å². The number of aliphatic hydroxyl groups excluding tert-OH is 1. The van der Waals surface area contributed by atoms with Crippen LogP contribution in [0.5, 0.6) is 0 Å². The molecule has 20 heavy (non-hydrogen) atoms. The van der Waals surface area contributed by atoms with Crippen molar-refractivity contribution < 1.29 is 9.50 Å². The molecular weight excluding hydrogens is 372 g/mol. The summed E-state index contributed by atoms with van der Waals surface area (Å²) in [5.74, 6) is 0.0248. The molecule has 0 spiro atoms. The van der Waals surface area contributed by atoms with Crippen LogP contribution in [0.1, 0.15) is 30.9 Å². The van der Waals surface area contributed by atoms with Gasteiger partial charge in [-0.1, -0.05) is 18.2 Å². The Kier molecular flexibility index (Phi) is 7.22. The van der Waals surface area contributed by atoms with E-state index in [2.05, 4.69) is 4.99 Å². The molecule has 112 valence electrons. The molecule has 1 unspecified atom stereocenters. The third-order valence-electron chi connectivity index (χ3n) is 3.37. The van der Waals surface area contributed by atoms with E-state index in [9.17, 15) is 9.50 Å².